The Balaban J connectivity index is 1.42. The largest absolute Gasteiger partial charge is 0.353 e. The van der Waals surface area contributed by atoms with E-state index in [1.165, 1.54) is 0 Å². The lowest BCUT2D eigenvalue weighted by atomic mass is 10.0. The van der Waals surface area contributed by atoms with Crippen molar-refractivity contribution in [1.29, 1.82) is 0 Å². The number of hydrogen-bond donors (Lipinski definition) is 2. The topological polar surface area (TPSA) is 61.4 Å². The van der Waals surface area contributed by atoms with E-state index >= 15 is 0 Å². The predicted molar refractivity (Wildman–Crippen MR) is 102 cm³/mol. The maximum atomic E-state index is 12.5. The molecule has 25 heavy (non-hydrogen) atoms. The van der Waals surface area contributed by atoms with E-state index in [4.69, 9.17) is 0 Å². The molecule has 2 N–H and O–H groups in total. The van der Waals surface area contributed by atoms with Crippen LogP contribution in [0.15, 0.2) is 24.3 Å². The summed E-state index contributed by atoms with van der Waals surface area (Å²) in [6, 6.07) is 8.20. The molecule has 0 saturated carbocycles. The van der Waals surface area contributed by atoms with Crippen LogP contribution in [-0.4, -0.2) is 59.9 Å². The molecule has 1 atom stereocenters. The van der Waals surface area contributed by atoms with Gasteiger partial charge in [0, 0.05) is 55.2 Å². The summed E-state index contributed by atoms with van der Waals surface area (Å²) < 4.78 is 0. The van der Waals surface area contributed by atoms with Crippen molar-refractivity contribution >= 4 is 23.6 Å². The second-order valence-electron chi connectivity index (χ2n) is 6.93. The van der Waals surface area contributed by atoms with E-state index in [1.807, 2.05) is 47.9 Å². The molecule has 136 valence electrons. The number of thioether (sulfide) groups is 1. The molecule has 2 aliphatic rings. The number of nitrogens with zero attached hydrogens (tertiary/aromatic N) is 1. The van der Waals surface area contributed by atoms with Crippen molar-refractivity contribution in [1.82, 2.24) is 15.5 Å². The van der Waals surface area contributed by atoms with Gasteiger partial charge in [0.2, 0.25) is 5.91 Å². The quantitative estimate of drug-likeness (QED) is 0.859. The summed E-state index contributed by atoms with van der Waals surface area (Å²) in [5.74, 6) is 2.36. The minimum atomic E-state index is 0.0909. The van der Waals surface area contributed by atoms with Crippen molar-refractivity contribution in [2.75, 3.05) is 31.1 Å². The van der Waals surface area contributed by atoms with Gasteiger partial charge in [-0.1, -0.05) is 17.7 Å². The molecule has 1 aromatic carbocycles. The number of nitrogens with one attached hydrogen (secondary N) is 2. The zero-order chi connectivity index (χ0) is 17.6. The second-order valence-corrected chi connectivity index (χ2v) is 8.08. The number of piperidine rings is 1. The molecular weight excluding hydrogens is 334 g/mol. The van der Waals surface area contributed by atoms with E-state index in [9.17, 15) is 9.59 Å². The smallest absolute Gasteiger partial charge is 0.253 e. The van der Waals surface area contributed by atoms with Gasteiger partial charge in [0.25, 0.3) is 5.91 Å². The summed E-state index contributed by atoms with van der Waals surface area (Å²) in [6.45, 7) is 4.41. The van der Waals surface area contributed by atoms with Gasteiger partial charge in [-0.3, -0.25) is 9.59 Å². The van der Waals surface area contributed by atoms with Crippen molar-refractivity contribution in [3.8, 4) is 0 Å². The Morgan fingerprint density at radius 1 is 1.24 bits per heavy atom. The van der Waals surface area contributed by atoms with E-state index in [-0.39, 0.29) is 17.9 Å². The summed E-state index contributed by atoms with van der Waals surface area (Å²) in [5, 5.41) is 6.54. The molecule has 2 heterocycles. The number of likely N-dealkylation sites (tertiary alicyclic amines) is 1. The predicted octanol–water partition coefficient (Wildman–Crippen LogP) is 1.81. The van der Waals surface area contributed by atoms with E-state index < -0.39 is 0 Å². The highest BCUT2D eigenvalue weighted by atomic mass is 32.2. The third-order valence-corrected chi connectivity index (χ3v) is 6.01. The van der Waals surface area contributed by atoms with Crippen LogP contribution in [0.1, 0.15) is 35.2 Å². The van der Waals surface area contributed by atoms with E-state index in [0.717, 1.165) is 42.0 Å². The van der Waals surface area contributed by atoms with Gasteiger partial charge in [0.15, 0.2) is 0 Å². The first kappa shape index (κ1) is 18.3. The molecule has 0 aromatic heterocycles. The van der Waals surface area contributed by atoms with Crippen LogP contribution >= 0.6 is 11.8 Å². The molecule has 0 radical (unpaired) electrons. The van der Waals surface area contributed by atoms with Gasteiger partial charge < -0.3 is 15.5 Å². The number of carbonyl (C=O) groups is 2. The van der Waals surface area contributed by atoms with E-state index in [1.54, 1.807) is 0 Å². The van der Waals surface area contributed by atoms with Crippen LogP contribution in [0.3, 0.4) is 0 Å². The zero-order valence-corrected chi connectivity index (χ0v) is 15.6. The fourth-order valence-corrected chi connectivity index (χ4v) is 4.32. The molecule has 0 aliphatic carbocycles. The van der Waals surface area contributed by atoms with Crippen LogP contribution in [0.25, 0.3) is 0 Å². The first-order valence-electron chi connectivity index (χ1n) is 9.08. The number of hydrogen-bond acceptors (Lipinski definition) is 4. The summed E-state index contributed by atoms with van der Waals surface area (Å²) >= 11 is 1.91. The maximum Gasteiger partial charge on any atom is 0.253 e. The van der Waals surface area contributed by atoms with Crippen LogP contribution in [-0.2, 0) is 4.79 Å². The highest BCUT2D eigenvalue weighted by molar-refractivity contribution is 7.99. The maximum absolute atomic E-state index is 12.5. The molecule has 6 heteroatoms. The van der Waals surface area contributed by atoms with Crippen molar-refractivity contribution < 1.29 is 9.59 Å². The number of rotatable bonds is 4. The van der Waals surface area contributed by atoms with E-state index in [2.05, 4.69) is 10.6 Å². The van der Waals surface area contributed by atoms with Crippen molar-refractivity contribution in [2.24, 2.45) is 0 Å². The summed E-state index contributed by atoms with van der Waals surface area (Å²) in [6.07, 6.45) is 2.21. The standard InChI is InChI=1S/C19H27N3O2S/c1-14-2-4-15(5-3-14)19(24)22-9-6-16(7-10-22)21-18(23)12-17-13-25-11-8-20-17/h2-5,16-17,20H,6-13H2,1H3,(H,21,23). The lowest BCUT2D eigenvalue weighted by Gasteiger charge is -2.33. The fourth-order valence-electron chi connectivity index (χ4n) is 3.37. The Bertz CT molecular complexity index is 591. The van der Waals surface area contributed by atoms with Crippen LogP contribution in [0.2, 0.25) is 0 Å². The summed E-state index contributed by atoms with van der Waals surface area (Å²) in [4.78, 5) is 26.6. The average molecular weight is 362 g/mol. The number of amides is 2. The van der Waals surface area contributed by atoms with Gasteiger partial charge in [-0.15, -0.1) is 0 Å². The summed E-state index contributed by atoms with van der Waals surface area (Å²) in [7, 11) is 0. The lowest BCUT2D eigenvalue weighted by Crippen LogP contribution is -2.48. The van der Waals surface area contributed by atoms with Gasteiger partial charge in [0.1, 0.15) is 0 Å². The molecule has 2 aliphatic heterocycles. The number of aryl methyl sites for hydroxylation is 1. The van der Waals surface area contributed by atoms with Gasteiger partial charge in [-0.05, 0) is 31.9 Å². The Labute approximate surface area is 153 Å². The van der Waals surface area contributed by atoms with Crippen molar-refractivity contribution in [3.63, 3.8) is 0 Å². The second kappa shape index (κ2) is 8.72. The first-order chi connectivity index (χ1) is 12.1. The molecule has 2 saturated heterocycles. The molecule has 2 fully saturated rings. The minimum absolute atomic E-state index is 0.0909. The Kier molecular flexibility index (Phi) is 6.37. The van der Waals surface area contributed by atoms with Crippen molar-refractivity contribution in [2.45, 2.75) is 38.3 Å². The van der Waals surface area contributed by atoms with E-state index in [0.29, 0.717) is 25.6 Å². The van der Waals surface area contributed by atoms with Gasteiger partial charge in [-0.2, -0.15) is 11.8 Å². The van der Waals surface area contributed by atoms with Crippen molar-refractivity contribution in [3.05, 3.63) is 35.4 Å². The monoisotopic (exact) mass is 361 g/mol. The highest BCUT2D eigenvalue weighted by Gasteiger charge is 2.25. The molecule has 1 unspecified atom stereocenters. The van der Waals surface area contributed by atoms with Gasteiger partial charge in [-0.25, -0.2) is 0 Å². The van der Waals surface area contributed by atoms with Crippen LogP contribution in [0.4, 0.5) is 0 Å². The third kappa shape index (κ3) is 5.22. The highest BCUT2D eigenvalue weighted by Crippen LogP contribution is 2.15. The molecule has 0 spiro atoms. The normalized spacial score (nSPS) is 21.8. The van der Waals surface area contributed by atoms with Gasteiger partial charge >= 0.3 is 0 Å². The first-order valence-corrected chi connectivity index (χ1v) is 10.2. The molecule has 3 rings (SSSR count). The zero-order valence-electron chi connectivity index (χ0n) is 14.8. The molecule has 2 amide bonds. The Hall–Kier alpha value is -1.53. The third-order valence-electron chi connectivity index (χ3n) is 4.88. The average Bonchev–Trinajstić information content (AvgIpc) is 2.63. The van der Waals surface area contributed by atoms with Gasteiger partial charge in [0.05, 0.1) is 0 Å². The summed E-state index contributed by atoms with van der Waals surface area (Å²) in [5.41, 5.74) is 1.90. The van der Waals surface area contributed by atoms with Crippen LogP contribution in [0, 0.1) is 6.92 Å². The number of benzene rings is 1. The molecular formula is C19H27N3O2S. The number of carbonyl (C=O) groups excluding carboxylic acids is 2. The molecule has 0 bridgehead atoms. The molecule has 1 aromatic rings. The van der Waals surface area contributed by atoms with Crippen LogP contribution in [0.5, 0.6) is 0 Å². The molecule has 5 nitrogen and oxygen atoms in total. The minimum Gasteiger partial charge on any atom is -0.353 e. The SMILES string of the molecule is Cc1ccc(C(=O)N2CCC(NC(=O)CC3CSCCN3)CC2)cc1. The Morgan fingerprint density at radius 3 is 2.60 bits per heavy atom. The Morgan fingerprint density at radius 2 is 1.96 bits per heavy atom. The fraction of sp³-hybridized carbons (Fsp3) is 0.579. The lowest BCUT2D eigenvalue weighted by molar-refractivity contribution is -0.122. The van der Waals surface area contributed by atoms with Crippen LogP contribution < -0.4 is 10.6 Å².